The number of alkyl halides is 4. The molecule has 0 saturated carbocycles. The van der Waals surface area contributed by atoms with E-state index in [1.165, 1.54) is 12.3 Å². The first-order valence-corrected chi connectivity index (χ1v) is 10.2. The molecule has 34 heavy (non-hydrogen) atoms. The highest BCUT2D eigenvalue weighted by Gasteiger charge is 2.44. The van der Waals surface area contributed by atoms with E-state index in [4.69, 9.17) is 23.7 Å². The van der Waals surface area contributed by atoms with E-state index in [1.807, 2.05) is 0 Å². The molecule has 2 atom stereocenters. The number of aliphatic hydroxyl groups is 2. The Balaban J connectivity index is 3.78. The van der Waals surface area contributed by atoms with Gasteiger partial charge in [0.15, 0.2) is 0 Å². The Hall–Kier alpha value is -1.36. The van der Waals surface area contributed by atoms with Gasteiger partial charge in [-0.15, -0.1) is 6.58 Å². The van der Waals surface area contributed by atoms with Crippen LogP contribution in [0.15, 0.2) is 25.5 Å². The Labute approximate surface area is 195 Å². The molecule has 0 aromatic heterocycles. The van der Waals surface area contributed by atoms with Gasteiger partial charge in [0, 0.05) is 0 Å². The van der Waals surface area contributed by atoms with Gasteiger partial charge in [-0.2, -0.15) is 17.6 Å². The van der Waals surface area contributed by atoms with Crippen LogP contribution in [0.25, 0.3) is 0 Å². The summed E-state index contributed by atoms with van der Waals surface area (Å²) < 4.78 is 91.2. The average Bonchev–Trinajstić information content (AvgIpc) is 2.74. The molecule has 0 amide bonds. The van der Waals surface area contributed by atoms with Crippen molar-refractivity contribution in [2.75, 3.05) is 79.5 Å². The molecule has 0 bridgehead atoms. The third kappa shape index (κ3) is 21.2. The van der Waals surface area contributed by atoms with Crippen LogP contribution in [0.3, 0.4) is 0 Å². The number of hydrogen-bond donors (Lipinski definition) is 2. The van der Waals surface area contributed by atoms with Gasteiger partial charge in [-0.3, -0.25) is 4.74 Å². The van der Waals surface area contributed by atoms with E-state index in [0.29, 0.717) is 6.61 Å². The Morgan fingerprint density at radius 3 is 1.76 bits per heavy atom. The summed E-state index contributed by atoms with van der Waals surface area (Å²) in [5.41, 5.74) is 0. The van der Waals surface area contributed by atoms with Gasteiger partial charge in [0.25, 0.3) is 0 Å². The molecule has 2 unspecified atom stereocenters. The second-order valence-electron chi connectivity index (χ2n) is 6.59. The molecule has 2 N–H and O–H groups in total. The van der Waals surface area contributed by atoms with E-state index in [0.717, 1.165) is 0 Å². The third-order valence-electron chi connectivity index (χ3n) is 3.32. The first-order valence-electron chi connectivity index (χ1n) is 10.2. The molecule has 10 nitrogen and oxygen atoms in total. The van der Waals surface area contributed by atoms with Gasteiger partial charge in [0.1, 0.15) is 38.8 Å². The van der Waals surface area contributed by atoms with Crippen LogP contribution < -0.4 is 0 Å². The molecule has 0 aliphatic carbocycles. The lowest BCUT2D eigenvalue weighted by atomic mass is 10.4. The predicted molar refractivity (Wildman–Crippen MR) is 109 cm³/mol. The van der Waals surface area contributed by atoms with E-state index in [9.17, 15) is 27.8 Å². The smallest absolute Gasteiger partial charge is 0.383 e. The summed E-state index contributed by atoms with van der Waals surface area (Å²) in [4.78, 5) is 0. The van der Waals surface area contributed by atoms with E-state index in [1.54, 1.807) is 0 Å². The van der Waals surface area contributed by atoms with Crippen LogP contribution in [0.5, 0.6) is 0 Å². The minimum absolute atomic E-state index is 0.0206. The zero-order valence-corrected chi connectivity index (χ0v) is 18.9. The van der Waals surface area contributed by atoms with Gasteiger partial charge < -0.3 is 43.4 Å². The second-order valence-corrected chi connectivity index (χ2v) is 6.59. The summed E-state index contributed by atoms with van der Waals surface area (Å²) in [5.74, 6) is 0. The van der Waals surface area contributed by atoms with Crippen LogP contribution in [0.4, 0.5) is 17.6 Å². The monoisotopic (exact) mass is 510 g/mol. The van der Waals surface area contributed by atoms with Crippen molar-refractivity contribution in [3.05, 3.63) is 25.5 Å². The van der Waals surface area contributed by atoms with Crippen molar-refractivity contribution in [3.8, 4) is 0 Å². The van der Waals surface area contributed by atoms with Gasteiger partial charge in [0.2, 0.25) is 0 Å². The van der Waals surface area contributed by atoms with Crippen molar-refractivity contribution in [1.29, 1.82) is 0 Å². The molecule has 0 spiro atoms. The van der Waals surface area contributed by atoms with Gasteiger partial charge >= 0.3 is 12.2 Å². The molecule has 0 fully saturated rings. The van der Waals surface area contributed by atoms with E-state index >= 15 is 0 Å². The normalized spacial score (nSPS) is 14.1. The van der Waals surface area contributed by atoms with Crippen LogP contribution >= 0.6 is 0 Å². The van der Waals surface area contributed by atoms with Crippen LogP contribution in [-0.2, 0) is 37.9 Å². The van der Waals surface area contributed by atoms with E-state index in [-0.39, 0.29) is 46.2 Å². The van der Waals surface area contributed by atoms with Crippen LogP contribution in [0, 0.1) is 0 Å². The summed E-state index contributed by atoms with van der Waals surface area (Å²) in [5, 5.41) is 19.0. The quantitative estimate of drug-likeness (QED) is 0.0613. The molecule has 0 aliphatic rings. The molecule has 0 saturated heterocycles. The number of halogens is 4. The Kier molecular flexibility index (Phi) is 19.1. The van der Waals surface area contributed by atoms with E-state index < -0.39 is 51.0 Å². The predicted octanol–water partition coefficient (Wildman–Crippen LogP) is 1.31. The first-order chi connectivity index (χ1) is 16.1. The highest BCUT2D eigenvalue weighted by molar-refractivity contribution is 4.65. The molecule has 0 rings (SSSR count). The number of aliphatic hydroxyl groups excluding tert-OH is 2. The van der Waals surface area contributed by atoms with Crippen LogP contribution in [-0.4, -0.2) is 114 Å². The first kappa shape index (κ1) is 32.6. The van der Waals surface area contributed by atoms with Crippen molar-refractivity contribution in [1.82, 2.24) is 0 Å². The molecule has 14 heteroatoms. The van der Waals surface area contributed by atoms with Gasteiger partial charge in [-0.05, 0) is 0 Å². The molecule has 0 aromatic rings. The largest absolute Gasteiger partial charge is 0.499 e. The minimum Gasteiger partial charge on any atom is -0.499 e. The summed E-state index contributed by atoms with van der Waals surface area (Å²) >= 11 is 0. The summed E-state index contributed by atoms with van der Waals surface area (Å²) in [6.07, 6.45) is -8.06. The van der Waals surface area contributed by atoms with Crippen molar-refractivity contribution >= 4 is 0 Å². The molecule has 0 radical (unpaired) electrons. The molecular weight excluding hydrogens is 476 g/mol. The fraction of sp³-hybridized carbons (Fsp3) is 0.800. The van der Waals surface area contributed by atoms with Crippen molar-refractivity contribution in [2.45, 2.75) is 24.4 Å². The van der Waals surface area contributed by atoms with Crippen molar-refractivity contribution in [2.24, 2.45) is 0 Å². The maximum atomic E-state index is 13.5. The van der Waals surface area contributed by atoms with Gasteiger partial charge in [-0.1, -0.05) is 12.7 Å². The highest BCUT2D eigenvalue weighted by atomic mass is 19.3. The zero-order valence-electron chi connectivity index (χ0n) is 18.9. The van der Waals surface area contributed by atoms with Crippen molar-refractivity contribution < 1.29 is 65.7 Å². The Morgan fingerprint density at radius 2 is 1.18 bits per heavy atom. The van der Waals surface area contributed by atoms with E-state index in [2.05, 4.69) is 27.4 Å². The molecule has 202 valence electrons. The highest BCUT2D eigenvalue weighted by Crippen LogP contribution is 2.27. The molecule has 0 aromatic carbocycles. The Morgan fingerprint density at radius 1 is 0.676 bits per heavy atom. The fourth-order valence-corrected chi connectivity index (χ4v) is 2.00. The molecule has 0 heterocycles. The minimum atomic E-state index is -4.33. The maximum Gasteiger partial charge on any atom is 0.383 e. The number of rotatable bonds is 25. The summed E-state index contributed by atoms with van der Waals surface area (Å²) in [6, 6.07) is 0. The Bertz CT molecular complexity index is 514. The molecular formula is C20H34F4O10. The topological polar surface area (TPSA) is 114 Å². The average molecular weight is 510 g/mol. The maximum absolute atomic E-state index is 13.5. The number of hydrogen-bond acceptors (Lipinski definition) is 10. The SMILES string of the molecule is C=CCOCC(O)COCC(F)(F)OC(F)(F)COCOCCOCC(O)COCCOC=C. The lowest BCUT2D eigenvalue weighted by Crippen LogP contribution is -2.40. The van der Waals surface area contributed by atoms with Crippen LogP contribution in [0.2, 0.25) is 0 Å². The van der Waals surface area contributed by atoms with Gasteiger partial charge in [-0.25, -0.2) is 0 Å². The lowest BCUT2D eigenvalue weighted by molar-refractivity contribution is -0.396. The standard InChI is InChI=1S/C20H34F4O10/c1-3-5-28-10-18(26)13-32-14-19(21,22)34-20(23,24)15-33-16-31-9-8-30-12-17(25)11-29-7-6-27-4-2/h3-4,17-18,25-26H,1-2,5-16H2. The third-order valence-corrected chi connectivity index (χ3v) is 3.32. The summed E-state index contributed by atoms with van der Waals surface area (Å²) in [7, 11) is 0. The molecule has 0 aliphatic heterocycles. The second kappa shape index (κ2) is 19.9. The van der Waals surface area contributed by atoms with Gasteiger partial charge in [0.05, 0.1) is 59.1 Å². The number of ether oxygens (including phenoxy) is 8. The van der Waals surface area contributed by atoms with Crippen molar-refractivity contribution in [3.63, 3.8) is 0 Å². The summed E-state index contributed by atoms with van der Waals surface area (Å²) in [6.45, 7) is 3.01. The fourth-order valence-electron chi connectivity index (χ4n) is 2.00. The lowest BCUT2D eigenvalue weighted by Gasteiger charge is -2.24. The zero-order chi connectivity index (χ0) is 25.7. The van der Waals surface area contributed by atoms with Crippen LogP contribution in [0.1, 0.15) is 0 Å².